The van der Waals surface area contributed by atoms with Crippen molar-refractivity contribution in [1.29, 1.82) is 0 Å². The van der Waals surface area contributed by atoms with E-state index in [4.69, 9.17) is 4.74 Å². The molecular formula is C24H28F2N6O3S. The minimum absolute atomic E-state index is 0.184. The number of sulfonamides is 1. The van der Waals surface area contributed by atoms with E-state index in [1.807, 2.05) is 17.9 Å². The summed E-state index contributed by atoms with van der Waals surface area (Å²) < 4.78 is 59.9. The van der Waals surface area contributed by atoms with Crippen molar-refractivity contribution < 1.29 is 21.9 Å². The molecule has 0 saturated carbocycles. The Morgan fingerprint density at radius 2 is 1.72 bits per heavy atom. The van der Waals surface area contributed by atoms with Crippen LogP contribution in [0.25, 0.3) is 10.9 Å². The Balaban J connectivity index is 1.54. The van der Waals surface area contributed by atoms with Crippen molar-refractivity contribution in [2.75, 3.05) is 73.9 Å². The van der Waals surface area contributed by atoms with E-state index in [1.165, 1.54) is 16.6 Å². The average molecular weight is 519 g/mol. The van der Waals surface area contributed by atoms with E-state index in [-0.39, 0.29) is 10.9 Å². The zero-order valence-corrected chi connectivity index (χ0v) is 21.0. The Kier molecular flexibility index (Phi) is 6.66. The summed E-state index contributed by atoms with van der Waals surface area (Å²) in [5.41, 5.74) is 2.06. The number of halogens is 2. The highest BCUT2D eigenvalue weighted by Gasteiger charge is 2.27. The third kappa shape index (κ3) is 4.93. The standard InChI is InChI=1S/C24H28F2N6O3S/c1-16-23(28-18-3-4-27-21(15-18)30-9-11-35-12-10-30)22-19(26)13-17(25)14-20(22)29-24(16)31-5-7-32(8-6-31)36(2,33)34/h3-4,13-15H,5-12H2,1-2H3,(H,27,28,29). The van der Waals surface area contributed by atoms with Crippen LogP contribution in [0.3, 0.4) is 0 Å². The Morgan fingerprint density at radius 1 is 1.00 bits per heavy atom. The van der Waals surface area contributed by atoms with E-state index in [9.17, 15) is 12.8 Å². The molecular weight excluding hydrogens is 490 g/mol. The van der Waals surface area contributed by atoms with E-state index in [0.717, 1.165) is 25.0 Å². The maximum atomic E-state index is 15.1. The maximum absolute atomic E-state index is 15.1. The Bertz CT molecular complexity index is 1390. The van der Waals surface area contributed by atoms with Gasteiger partial charge in [-0.15, -0.1) is 0 Å². The van der Waals surface area contributed by atoms with Gasteiger partial charge in [0.1, 0.15) is 23.3 Å². The number of benzene rings is 1. The molecule has 12 heteroatoms. The van der Waals surface area contributed by atoms with Gasteiger partial charge in [-0.2, -0.15) is 4.31 Å². The molecule has 4 heterocycles. The first kappa shape index (κ1) is 24.6. The molecule has 0 unspecified atom stereocenters. The van der Waals surface area contributed by atoms with Crippen LogP contribution in [0, 0.1) is 18.6 Å². The number of fused-ring (bicyclic) bond motifs is 1. The molecule has 0 radical (unpaired) electrons. The molecule has 2 aromatic heterocycles. The van der Waals surface area contributed by atoms with Gasteiger partial charge in [-0.3, -0.25) is 0 Å². The number of nitrogens with zero attached hydrogens (tertiary/aromatic N) is 5. The second-order valence-electron chi connectivity index (χ2n) is 8.99. The van der Waals surface area contributed by atoms with Gasteiger partial charge in [0.25, 0.3) is 0 Å². The SMILES string of the molecule is Cc1c(N2CCN(S(C)(=O)=O)CC2)nc2cc(F)cc(F)c2c1Nc1ccnc(N2CCOCC2)c1. The first-order chi connectivity index (χ1) is 17.2. The molecule has 1 N–H and O–H groups in total. The van der Waals surface area contributed by atoms with Gasteiger partial charge in [0.2, 0.25) is 10.0 Å². The molecule has 36 heavy (non-hydrogen) atoms. The van der Waals surface area contributed by atoms with Crippen molar-refractivity contribution in [3.05, 3.63) is 47.7 Å². The zero-order chi connectivity index (χ0) is 25.4. The lowest BCUT2D eigenvalue weighted by atomic mass is 10.1. The Hall–Kier alpha value is -3.09. The molecule has 0 amide bonds. The van der Waals surface area contributed by atoms with Crippen LogP contribution in [0.2, 0.25) is 0 Å². The van der Waals surface area contributed by atoms with Crippen molar-refractivity contribution in [2.45, 2.75) is 6.92 Å². The highest BCUT2D eigenvalue weighted by atomic mass is 32.2. The molecule has 0 spiro atoms. The highest BCUT2D eigenvalue weighted by molar-refractivity contribution is 7.88. The molecule has 2 fully saturated rings. The fraction of sp³-hybridized carbons (Fsp3) is 0.417. The smallest absolute Gasteiger partial charge is 0.211 e. The second kappa shape index (κ2) is 9.75. The Morgan fingerprint density at radius 3 is 2.42 bits per heavy atom. The number of nitrogens with one attached hydrogen (secondary N) is 1. The highest BCUT2D eigenvalue weighted by Crippen LogP contribution is 2.37. The molecule has 1 aromatic carbocycles. The molecule has 2 aliphatic rings. The number of ether oxygens (including phenoxy) is 1. The van der Waals surface area contributed by atoms with Gasteiger partial charge in [0.05, 0.1) is 36.1 Å². The van der Waals surface area contributed by atoms with Gasteiger partial charge in [-0.05, 0) is 13.0 Å². The van der Waals surface area contributed by atoms with Crippen LogP contribution >= 0.6 is 0 Å². The van der Waals surface area contributed by atoms with Crippen LogP contribution in [0.5, 0.6) is 0 Å². The van der Waals surface area contributed by atoms with E-state index in [1.54, 1.807) is 12.3 Å². The summed E-state index contributed by atoms with van der Waals surface area (Å²) >= 11 is 0. The van der Waals surface area contributed by atoms with Crippen molar-refractivity contribution in [3.63, 3.8) is 0 Å². The summed E-state index contributed by atoms with van der Waals surface area (Å²) in [7, 11) is -3.29. The van der Waals surface area contributed by atoms with Crippen molar-refractivity contribution in [1.82, 2.24) is 14.3 Å². The van der Waals surface area contributed by atoms with Gasteiger partial charge >= 0.3 is 0 Å². The van der Waals surface area contributed by atoms with Crippen molar-refractivity contribution in [3.8, 4) is 0 Å². The second-order valence-corrected chi connectivity index (χ2v) is 11.0. The van der Waals surface area contributed by atoms with E-state index >= 15 is 4.39 Å². The predicted octanol–water partition coefficient (Wildman–Crippen LogP) is 2.88. The summed E-state index contributed by atoms with van der Waals surface area (Å²) in [6.07, 6.45) is 2.88. The van der Waals surface area contributed by atoms with Crippen LogP contribution in [-0.4, -0.2) is 81.4 Å². The number of hydrogen-bond acceptors (Lipinski definition) is 8. The first-order valence-corrected chi connectivity index (χ1v) is 13.6. The van der Waals surface area contributed by atoms with E-state index < -0.39 is 21.7 Å². The van der Waals surface area contributed by atoms with E-state index in [0.29, 0.717) is 62.1 Å². The van der Waals surface area contributed by atoms with Gasteiger partial charge in [-0.25, -0.2) is 27.2 Å². The summed E-state index contributed by atoms with van der Waals surface area (Å²) in [4.78, 5) is 13.1. The number of piperazine rings is 1. The van der Waals surface area contributed by atoms with Crippen LogP contribution in [-0.2, 0) is 14.8 Å². The third-order valence-electron chi connectivity index (χ3n) is 6.58. The third-order valence-corrected chi connectivity index (χ3v) is 7.88. The van der Waals surface area contributed by atoms with Crippen molar-refractivity contribution in [2.24, 2.45) is 0 Å². The zero-order valence-electron chi connectivity index (χ0n) is 20.2. The number of aromatic nitrogens is 2. The predicted molar refractivity (Wildman–Crippen MR) is 136 cm³/mol. The molecule has 9 nitrogen and oxygen atoms in total. The molecule has 5 rings (SSSR count). The number of anilines is 4. The number of pyridine rings is 2. The lowest BCUT2D eigenvalue weighted by molar-refractivity contribution is 0.122. The Labute approximate surface area is 208 Å². The van der Waals surface area contributed by atoms with Crippen LogP contribution in [0.4, 0.5) is 31.8 Å². The minimum Gasteiger partial charge on any atom is -0.378 e. The van der Waals surface area contributed by atoms with Gasteiger partial charge in [0, 0.05) is 74.9 Å². The normalized spacial score (nSPS) is 17.6. The molecule has 0 aliphatic carbocycles. The topological polar surface area (TPSA) is 90.9 Å². The molecule has 2 aliphatic heterocycles. The fourth-order valence-corrected chi connectivity index (χ4v) is 5.52. The number of morpholine rings is 1. The molecule has 2 saturated heterocycles. The van der Waals surface area contributed by atoms with Gasteiger partial charge < -0.3 is 19.9 Å². The van der Waals surface area contributed by atoms with Crippen LogP contribution in [0.15, 0.2) is 30.5 Å². The lowest BCUT2D eigenvalue weighted by Gasteiger charge is -2.35. The van der Waals surface area contributed by atoms with Crippen molar-refractivity contribution >= 4 is 43.9 Å². The largest absolute Gasteiger partial charge is 0.378 e. The average Bonchev–Trinajstić information content (AvgIpc) is 2.85. The summed E-state index contributed by atoms with van der Waals surface area (Å²) in [6, 6.07) is 5.75. The molecule has 0 atom stereocenters. The minimum atomic E-state index is -3.29. The monoisotopic (exact) mass is 518 g/mol. The molecule has 3 aromatic rings. The number of rotatable bonds is 5. The van der Waals surface area contributed by atoms with E-state index in [2.05, 4.69) is 20.2 Å². The summed E-state index contributed by atoms with van der Waals surface area (Å²) in [5, 5.41) is 3.53. The summed E-state index contributed by atoms with van der Waals surface area (Å²) in [5.74, 6) is -0.0822. The first-order valence-electron chi connectivity index (χ1n) is 11.8. The quantitative estimate of drug-likeness (QED) is 0.552. The molecule has 192 valence electrons. The number of hydrogen-bond donors (Lipinski definition) is 1. The van der Waals surface area contributed by atoms with Gasteiger partial charge in [-0.1, -0.05) is 0 Å². The van der Waals surface area contributed by atoms with Crippen LogP contribution < -0.4 is 15.1 Å². The molecule has 0 bridgehead atoms. The van der Waals surface area contributed by atoms with Crippen LogP contribution in [0.1, 0.15) is 5.56 Å². The fourth-order valence-electron chi connectivity index (χ4n) is 4.69. The van der Waals surface area contributed by atoms with Gasteiger partial charge in [0.15, 0.2) is 0 Å². The lowest BCUT2D eigenvalue weighted by Crippen LogP contribution is -2.48. The summed E-state index contributed by atoms with van der Waals surface area (Å²) in [6.45, 7) is 5.99. The maximum Gasteiger partial charge on any atom is 0.211 e.